The molecule has 0 saturated carbocycles. The number of carbonyl (C=O) groups is 3. The molecule has 6 nitrogen and oxygen atoms in total. The van der Waals surface area contributed by atoms with Crippen LogP contribution in [-0.2, 0) is 10.3 Å². The van der Waals surface area contributed by atoms with E-state index in [1.165, 1.54) is 4.90 Å². The van der Waals surface area contributed by atoms with E-state index in [0.717, 1.165) is 4.90 Å². The van der Waals surface area contributed by atoms with Crippen molar-refractivity contribution in [2.24, 2.45) is 0 Å². The van der Waals surface area contributed by atoms with Crippen molar-refractivity contribution in [2.75, 3.05) is 20.2 Å². The number of imide groups is 1. The molecule has 0 bridgehead atoms. The molecule has 0 radical (unpaired) electrons. The van der Waals surface area contributed by atoms with E-state index in [-0.39, 0.29) is 12.3 Å². The zero-order valence-corrected chi connectivity index (χ0v) is 15.6. The van der Waals surface area contributed by atoms with Crippen LogP contribution in [0.3, 0.4) is 0 Å². The maximum atomic E-state index is 13.2. The van der Waals surface area contributed by atoms with Gasteiger partial charge < -0.3 is 9.64 Å². The van der Waals surface area contributed by atoms with Gasteiger partial charge in [0, 0.05) is 18.2 Å². The summed E-state index contributed by atoms with van der Waals surface area (Å²) in [4.78, 5) is 40.9. The first kappa shape index (κ1) is 18.6. The number of benzene rings is 2. The predicted octanol–water partition coefficient (Wildman–Crippen LogP) is 3.08. The van der Waals surface area contributed by atoms with Crippen LogP contribution in [0.15, 0.2) is 54.6 Å². The van der Waals surface area contributed by atoms with Crippen molar-refractivity contribution in [3.63, 3.8) is 0 Å². The van der Waals surface area contributed by atoms with Crippen LogP contribution in [0.4, 0.5) is 4.79 Å². The number of amides is 3. The molecular weight excluding hydrogens is 344 g/mol. The van der Waals surface area contributed by atoms with Crippen LogP contribution in [0.25, 0.3) is 0 Å². The van der Waals surface area contributed by atoms with Gasteiger partial charge in [-0.05, 0) is 19.9 Å². The van der Waals surface area contributed by atoms with Crippen molar-refractivity contribution in [3.05, 3.63) is 65.7 Å². The molecule has 140 valence electrons. The fourth-order valence-corrected chi connectivity index (χ4v) is 3.31. The molecule has 2 aromatic rings. The number of nitrogens with zero attached hydrogens (tertiary/aromatic N) is 2. The van der Waals surface area contributed by atoms with E-state index in [2.05, 4.69) is 0 Å². The summed E-state index contributed by atoms with van der Waals surface area (Å²) in [5, 5.41) is 0. The fourth-order valence-electron chi connectivity index (χ4n) is 3.31. The lowest BCUT2D eigenvalue weighted by Gasteiger charge is -2.30. The number of para-hydroxylation sites is 1. The summed E-state index contributed by atoms with van der Waals surface area (Å²) in [6.45, 7) is 3.68. The Balaban J connectivity index is 1.95. The average Bonchev–Trinajstić information content (AvgIpc) is 2.85. The lowest BCUT2D eigenvalue weighted by molar-refractivity contribution is -0.132. The molecule has 0 N–H and O–H groups in total. The summed E-state index contributed by atoms with van der Waals surface area (Å²) in [7, 11) is 1.57. The van der Waals surface area contributed by atoms with E-state index in [0.29, 0.717) is 23.5 Å². The molecular formula is C21H22N2O4. The average molecular weight is 366 g/mol. The summed E-state index contributed by atoms with van der Waals surface area (Å²) < 4.78 is 5.66. The molecule has 0 aromatic heterocycles. The molecule has 1 unspecified atom stereocenters. The standard InChI is InChI=1S/C21H22N2O4/c1-4-27-18-13-9-8-12-16(18)21(2)19(25)23(20(26)22(21)3)14-17(24)15-10-6-5-7-11-15/h5-13H,4,14H2,1-3H3. The largest absolute Gasteiger partial charge is 0.493 e. The van der Waals surface area contributed by atoms with Gasteiger partial charge in [0.1, 0.15) is 11.3 Å². The van der Waals surface area contributed by atoms with E-state index in [1.807, 2.05) is 13.0 Å². The highest BCUT2D eigenvalue weighted by atomic mass is 16.5. The second-order valence-electron chi connectivity index (χ2n) is 6.52. The number of hydrogen-bond acceptors (Lipinski definition) is 4. The van der Waals surface area contributed by atoms with Crippen LogP contribution >= 0.6 is 0 Å². The molecule has 6 heteroatoms. The number of carbonyl (C=O) groups excluding carboxylic acids is 3. The van der Waals surface area contributed by atoms with Crippen LogP contribution in [0.5, 0.6) is 5.75 Å². The highest BCUT2D eigenvalue weighted by Gasteiger charge is 2.55. The molecule has 1 saturated heterocycles. The van der Waals surface area contributed by atoms with E-state index >= 15 is 0 Å². The van der Waals surface area contributed by atoms with Crippen molar-refractivity contribution in [3.8, 4) is 5.75 Å². The van der Waals surface area contributed by atoms with Crippen molar-refractivity contribution >= 4 is 17.7 Å². The maximum Gasteiger partial charge on any atom is 0.328 e. The van der Waals surface area contributed by atoms with Gasteiger partial charge in [0.15, 0.2) is 5.78 Å². The first-order valence-corrected chi connectivity index (χ1v) is 8.81. The Labute approximate surface area is 158 Å². The number of likely N-dealkylation sites (N-methyl/N-ethyl adjacent to an activating group) is 1. The van der Waals surface area contributed by atoms with Crippen LogP contribution in [-0.4, -0.2) is 47.7 Å². The zero-order chi connectivity index (χ0) is 19.6. The Kier molecular flexibility index (Phi) is 4.99. The van der Waals surface area contributed by atoms with Crippen LogP contribution in [0.2, 0.25) is 0 Å². The number of hydrogen-bond donors (Lipinski definition) is 0. The molecule has 1 aliphatic heterocycles. The van der Waals surface area contributed by atoms with Gasteiger partial charge in [-0.25, -0.2) is 4.79 Å². The molecule has 27 heavy (non-hydrogen) atoms. The monoisotopic (exact) mass is 366 g/mol. The summed E-state index contributed by atoms with van der Waals surface area (Å²) in [6.07, 6.45) is 0. The smallest absolute Gasteiger partial charge is 0.328 e. The molecule has 3 rings (SSSR count). The van der Waals surface area contributed by atoms with E-state index in [1.54, 1.807) is 62.5 Å². The molecule has 0 aliphatic carbocycles. The van der Waals surface area contributed by atoms with Gasteiger partial charge in [-0.2, -0.15) is 0 Å². The van der Waals surface area contributed by atoms with Crippen LogP contribution < -0.4 is 4.74 Å². The van der Waals surface area contributed by atoms with Crippen molar-refractivity contribution in [2.45, 2.75) is 19.4 Å². The predicted molar refractivity (Wildman–Crippen MR) is 101 cm³/mol. The Morgan fingerprint density at radius 3 is 2.33 bits per heavy atom. The van der Waals surface area contributed by atoms with Crippen molar-refractivity contribution < 1.29 is 19.1 Å². The topological polar surface area (TPSA) is 66.9 Å². The molecule has 3 amide bonds. The number of rotatable bonds is 6. The van der Waals surface area contributed by atoms with Gasteiger partial charge in [-0.1, -0.05) is 48.5 Å². The number of ether oxygens (including phenoxy) is 1. The second kappa shape index (κ2) is 7.23. The van der Waals surface area contributed by atoms with Crippen molar-refractivity contribution in [1.82, 2.24) is 9.80 Å². The van der Waals surface area contributed by atoms with Gasteiger partial charge in [0.05, 0.1) is 13.2 Å². The third-order valence-electron chi connectivity index (χ3n) is 4.96. The third kappa shape index (κ3) is 3.07. The van der Waals surface area contributed by atoms with Crippen LogP contribution in [0.1, 0.15) is 29.8 Å². The Hall–Kier alpha value is -3.15. The van der Waals surface area contributed by atoms with Crippen molar-refractivity contribution in [1.29, 1.82) is 0 Å². The summed E-state index contributed by atoms with van der Waals surface area (Å²) >= 11 is 0. The molecule has 0 spiro atoms. The number of urea groups is 1. The molecule has 1 heterocycles. The SMILES string of the molecule is CCOc1ccccc1C1(C)C(=O)N(CC(=O)c2ccccc2)C(=O)N1C. The molecule has 2 aromatic carbocycles. The second-order valence-corrected chi connectivity index (χ2v) is 6.52. The highest BCUT2D eigenvalue weighted by Crippen LogP contribution is 2.40. The van der Waals surface area contributed by atoms with E-state index < -0.39 is 17.5 Å². The minimum Gasteiger partial charge on any atom is -0.493 e. The van der Waals surface area contributed by atoms with E-state index in [4.69, 9.17) is 4.74 Å². The molecule has 1 atom stereocenters. The molecule has 1 fully saturated rings. The number of Topliss-reactive ketones (excluding diaryl/α,β-unsaturated/α-hetero) is 1. The Bertz CT molecular complexity index is 881. The number of ketones is 1. The maximum absolute atomic E-state index is 13.2. The third-order valence-corrected chi connectivity index (χ3v) is 4.96. The van der Waals surface area contributed by atoms with Gasteiger partial charge in [0.2, 0.25) is 0 Å². The first-order valence-electron chi connectivity index (χ1n) is 8.81. The zero-order valence-electron chi connectivity index (χ0n) is 15.6. The Morgan fingerprint density at radius 2 is 1.67 bits per heavy atom. The lowest BCUT2D eigenvalue weighted by atomic mass is 9.90. The van der Waals surface area contributed by atoms with Gasteiger partial charge in [0.25, 0.3) is 5.91 Å². The quantitative estimate of drug-likeness (QED) is 0.582. The minimum atomic E-state index is -1.24. The summed E-state index contributed by atoms with van der Waals surface area (Å²) in [5.41, 5.74) is -0.175. The summed E-state index contributed by atoms with van der Waals surface area (Å²) in [6, 6.07) is 15.3. The Morgan fingerprint density at radius 1 is 1.04 bits per heavy atom. The normalized spacial score (nSPS) is 19.5. The van der Waals surface area contributed by atoms with E-state index in [9.17, 15) is 14.4 Å². The highest BCUT2D eigenvalue weighted by molar-refractivity contribution is 6.11. The van der Waals surface area contributed by atoms with Gasteiger partial charge in [-0.15, -0.1) is 0 Å². The first-order chi connectivity index (χ1) is 12.9. The lowest BCUT2D eigenvalue weighted by Crippen LogP contribution is -2.42. The van der Waals surface area contributed by atoms with Crippen LogP contribution in [0, 0.1) is 0 Å². The fraction of sp³-hybridized carbons (Fsp3) is 0.286. The van der Waals surface area contributed by atoms with Gasteiger partial charge in [-0.3, -0.25) is 14.5 Å². The molecule has 1 aliphatic rings. The minimum absolute atomic E-state index is 0.284. The summed E-state index contributed by atoms with van der Waals surface area (Å²) in [5.74, 6) is -0.175. The van der Waals surface area contributed by atoms with Gasteiger partial charge >= 0.3 is 6.03 Å².